The molecule has 0 amide bonds. The molecule has 8 heteroatoms. The Kier molecular flexibility index (Phi) is 4.02. The second-order valence-electron chi connectivity index (χ2n) is 6.86. The van der Waals surface area contributed by atoms with Crippen molar-refractivity contribution >= 4 is 27.8 Å². The van der Waals surface area contributed by atoms with Gasteiger partial charge in [-0.3, -0.25) is 4.79 Å². The van der Waals surface area contributed by atoms with E-state index >= 15 is 0 Å². The lowest BCUT2D eigenvalue weighted by atomic mass is 10.2. The molecule has 4 aromatic rings. The number of ether oxygens (including phenoxy) is 2. The second kappa shape index (κ2) is 6.59. The highest BCUT2D eigenvalue weighted by atomic mass is 32.1. The molecule has 1 aliphatic heterocycles. The maximum atomic E-state index is 12.7. The maximum absolute atomic E-state index is 12.7. The molecule has 7 nitrogen and oxygen atoms in total. The number of thiophene rings is 1. The number of aryl methyl sites for hydroxylation is 2. The standard InChI is InChI=1S/C21H18N4O3S/c1-12-8-15(10-22-25-14(3)23-20-17(21(25)26)6-7-29-20)13(2)24(12)16-4-5-18-19(9-16)28-11-27-18/h4-10H,11H2,1-3H3/b22-10-. The van der Waals surface area contributed by atoms with Crippen molar-refractivity contribution in [2.24, 2.45) is 5.10 Å². The molecule has 0 saturated carbocycles. The molecular formula is C21H18N4O3S. The van der Waals surface area contributed by atoms with Gasteiger partial charge >= 0.3 is 0 Å². The number of nitrogens with zero attached hydrogens (tertiary/aromatic N) is 4. The average Bonchev–Trinajstić information content (AvgIpc) is 3.40. The van der Waals surface area contributed by atoms with Gasteiger partial charge in [0, 0.05) is 28.7 Å². The molecule has 0 spiro atoms. The van der Waals surface area contributed by atoms with E-state index in [1.165, 1.54) is 16.0 Å². The number of rotatable bonds is 3. The van der Waals surface area contributed by atoms with Crippen molar-refractivity contribution < 1.29 is 9.47 Å². The minimum absolute atomic E-state index is 0.158. The lowest BCUT2D eigenvalue weighted by Gasteiger charge is -2.10. The van der Waals surface area contributed by atoms with Crippen molar-refractivity contribution in [1.82, 2.24) is 14.2 Å². The molecule has 0 unspecified atom stereocenters. The van der Waals surface area contributed by atoms with Crippen LogP contribution in [0.1, 0.15) is 22.8 Å². The minimum Gasteiger partial charge on any atom is -0.454 e. The molecule has 1 aromatic carbocycles. The normalized spacial score (nSPS) is 13.1. The third kappa shape index (κ3) is 2.84. The Balaban J connectivity index is 1.55. The smallest absolute Gasteiger partial charge is 0.282 e. The first kappa shape index (κ1) is 17.7. The average molecular weight is 406 g/mol. The van der Waals surface area contributed by atoms with Crippen LogP contribution in [0.25, 0.3) is 15.9 Å². The van der Waals surface area contributed by atoms with E-state index in [0.29, 0.717) is 11.2 Å². The zero-order valence-electron chi connectivity index (χ0n) is 16.2. The fourth-order valence-electron chi connectivity index (χ4n) is 3.60. The topological polar surface area (TPSA) is 70.6 Å². The summed E-state index contributed by atoms with van der Waals surface area (Å²) >= 11 is 1.45. The molecule has 0 saturated heterocycles. The number of hydrogen-bond acceptors (Lipinski definition) is 6. The molecule has 0 bridgehead atoms. The number of hydrogen-bond donors (Lipinski definition) is 0. The van der Waals surface area contributed by atoms with Crippen molar-refractivity contribution in [2.45, 2.75) is 20.8 Å². The van der Waals surface area contributed by atoms with Crippen LogP contribution < -0.4 is 15.0 Å². The fourth-order valence-corrected chi connectivity index (χ4v) is 4.40. The number of benzene rings is 1. The van der Waals surface area contributed by atoms with Crippen molar-refractivity contribution in [1.29, 1.82) is 0 Å². The third-order valence-electron chi connectivity index (χ3n) is 5.03. The van der Waals surface area contributed by atoms with Crippen LogP contribution in [0.15, 0.2) is 45.6 Å². The zero-order chi connectivity index (χ0) is 20.1. The lowest BCUT2D eigenvalue weighted by Crippen LogP contribution is -2.19. The highest BCUT2D eigenvalue weighted by molar-refractivity contribution is 7.16. The Bertz CT molecular complexity index is 1350. The summed E-state index contributed by atoms with van der Waals surface area (Å²) in [6.45, 7) is 6.09. The second-order valence-corrected chi connectivity index (χ2v) is 7.75. The van der Waals surface area contributed by atoms with Gasteiger partial charge in [0.2, 0.25) is 6.79 Å². The molecule has 0 fully saturated rings. The van der Waals surface area contributed by atoms with Crippen LogP contribution in [0.3, 0.4) is 0 Å². The molecule has 146 valence electrons. The van der Waals surface area contributed by atoms with E-state index in [0.717, 1.165) is 39.0 Å². The van der Waals surface area contributed by atoms with Crippen LogP contribution in [0.2, 0.25) is 0 Å². The summed E-state index contributed by atoms with van der Waals surface area (Å²) in [6, 6.07) is 9.70. The predicted molar refractivity (Wildman–Crippen MR) is 113 cm³/mol. The summed E-state index contributed by atoms with van der Waals surface area (Å²) in [4.78, 5) is 17.9. The Morgan fingerprint density at radius 1 is 1.14 bits per heavy atom. The summed E-state index contributed by atoms with van der Waals surface area (Å²) < 4.78 is 14.4. The Morgan fingerprint density at radius 3 is 2.83 bits per heavy atom. The monoisotopic (exact) mass is 406 g/mol. The Labute approximate surface area is 170 Å². The van der Waals surface area contributed by atoms with E-state index in [1.54, 1.807) is 19.2 Å². The molecule has 0 aliphatic carbocycles. The predicted octanol–water partition coefficient (Wildman–Crippen LogP) is 3.78. The lowest BCUT2D eigenvalue weighted by molar-refractivity contribution is 0.174. The summed E-state index contributed by atoms with van der Waals surface area (Å²) in [7, 11) is 0. The van der Waals surface area contributed by atoms with Crippen LogP contribution in [-0.4, -0.2) is 27.2 Å². The van der Waals surface area contributed by atoms with Gasteiger partial charge in [0.25, 0.3) is 5.56 Å². The highest BCUT2D eigenvalue weighted by Gasteiger charge is 2.16. The Morgan fingerprint density at radius 2 is 1.97 bits per heavy atom. The van der Waals surface area contributed by atoms with Crippen LogP contribution in [0.4, 0.5) is 0 Å². The molecule has 3 aromatic heterocycles. The van der Waals surface area contributed by atoms with Gasteiger partial charge in [-0.2, -0.15) is 9.78 Å². The largest absolute Gasteiger partial charge is 0.454 e. The van der Waals surface area contributed by atoms with Gasteiger partial charge in [-0.05, 0) is 50.4 Å². The van der Waals surface area contributed by atoms with E-state index < -0.39 is 0 Å². The van der Waals surface area contributed by atoms with Crippen LogP contribution >= 0.6 is 11.3 Å². The van der Waals surface area contributed by atoms with Gasteiger partial charge in [-0.25, -0.2) is 4.98 Å². The molecule has 0 N–H and O–H groups in total. The van der Waals surface area contributed by atoms with E-state index in [1.807, 2.05) is 43.5 Å². The van der Waals surface area contributed by atoms with Crippen LogP contribution in [0.5, 0.6) is 11.5 Å². The van der Waals surface area contributed by atoms with Gasteiger partial charge in [-0.1, -0.05) is 0 Å². The fraction of sp³-hybridized carbons (Fsp3) is 0.190. The van der Waals surface area contributed by atoms with Gasteiger partial charge in [-0.15, -0.1) is 11.3 Å². The first-order valence-corrected chi connectivity index (χ1v) is 10.0. The van der Waals surface area contributed by atoms with Gasteiger partial charge in [0.1, 0.15) is 10.7 Å². The van der Waals surface area contributed by atoms with E-state index in [4.69, 9.17) is 9.47 Å². The van der Waals surface area contributed by atoms with Crippen molar-refractivity contribution in [3.8, 4) is 17.2 Å². The van der Waals surface area contributed by atoms with Gasteiger partial charge in [0.05, 0.1) is 11.6 Å². The van der Waals surface area contributed by atoms with E-state index in [9.17, 15) is 4.79 Å². The minimum atomic E-state index is -0.158. The van der Waals surface area contributed by atoms with Crippen LogP contribution in [0, 0.1) is 20.8 Å². The zero-order valence-corrected chi connectivity index (χ0v) is 17.0. The molecule has 0 atom stereocenters. The van der Waals surface area contributed by atoms with Gasteiger partial charge < -0.3 is 14.0 Å². The van der Waals surface area contributed by atoms with Crippen molar-refractivity contribution in [2.75, 3.05) is 6.79 Å². The first-order valence-electron chi connectivity index (χ1n) is 9.13. The molecule has 29 heavy (non-hydrogen) atoms. The molecule has 1 aliphatic rings. The SMILES string of the molecule is Cc1cc(/C=N\n2c(C)nc3sccc3c2=O)c(C)n1-c1ccc2c(c1)OCO2. The molecule has 0 radical (unpaired) electrons. The van der Waals surface area contributed by atoms with Crippen molar-refractivity contribution in [3.63, 3.8) is 0 Å². The van der Waals surface area contributed by atoms with E-state index in [2.05, 4.69) is 14.7 Å². The third-order valence-corrected chi connectivity index (χ3v) is 5.84. The Hall–Kier alpha value is -3.39. The van der Waals surface area contributed by atoms with Gasteiger partial charge in [0.15, 0.2) is 11.5 Å². The molecular weight excluding hydrogens is 388 g/mol. The quantitative estimate of drug-likeness (QED) is 0.486. The molecule has 4 heterocycles. The van der Waals surface area contributed by atoms with Crippen LogP contribution in [-0.2, 0) is 0 Å². The summed E-state index contributed by atoms with van der Waals surface area (Å²) in [6.07, 6.45) is 1.71. The highest BCUT2D eigenvalue weighted by Crippen LogP contribution is 2.34. The number of fused-ring (bicyclic) bond motifs is 2. The summed E-state index contributed by atoms with van der Waals surface area (Å²) in [5.41, 5.74) is 3.82. The number of aromatic nitrogens is 3. The summed E-state index contributed by atoms with van der Waals surface area (Å²) in [5, 5.41) is 6.89. The van der Waals surface area contributed by atoms with Crippen molar-refractivity contribution in [3.05, 3.63) is 68.8 Å². The maximum Gasteiger partial charge on any atom is 0.282 e. The van der Waals surface area contributed by atoms with E-state index in [-0.39, 0.29) is 12.4 Å². The summed E-state index contributed by atoms with van der Waals surface area (Å²) in [5.74, 6) is 2.05. The molecule has 5 rings (SSSR count). The first-order chi connectivity index (χ1) is 14.0.